The molecule has 1 rings (SSSR count). The maximum atomic E-state index is 12.1. The second-order valence-electron chi connectivity index (χ2n) is 6.57. The highest BCUT2D eigenvalue weighted by atomic mass is 32.2. The van der Waals surface area contributed by atoms with E-state index < -0.39 is 11.7 Å². The molecule has 132 valence electrons. The van der Waals surface area contributed by atoms with Crippen molar-refractivity contribution in [2.24, 2.45) is 0 Å². The highest BCUT2D eigenvalue weighted by Crippen LogP contribution is 2.12. The quantitative estimate of drug-likeness (QED) is 0.802. The third kappa shape index (κ3) is 7.11. The maximum absolute atomic E-state index is 12.1. The lowest BCUT2D eigenvalue weighted by atomic mass is 10.2. The molecule has 0 aromatic carbocycles. The van der Waals surface area contributed by atoms with Gasteiger partial charge in [0.25, 0.3) is 0 Å². The zero-order valence-electron chi connectivity index (χ0n) is 14.5. The zero-order chi connectivity index (χ0) is 17.6. The molecule has 3 amide bonds. The lowest BCUT2D eigenvalue weighted by Crippen LogP contribution is -2.55. The van der Waals surface area contributed by atoms with E-state index in [1.807, 2.05) is 13.2 Å². The first-order chi connectivity index (χ1) is 10.6. The van der Waals surface area contributed by atoms with Gasteiger partial charge < -0.3 is 15.0 Å². The largest absolute Gasteiger partial charge is 0.444 e. The van der Waals surface area contributed by atoms with Crippen LogP contribution in [-0.2, 0) is 14.3 Å². The van der Waals surface area contributed by atoms with E-state index in [-0.39, 0.29) is 24.9 Å². The van der Waals surface area contributed by atoms with Crippen LogP contribution < -0.4 is 5.32 Å². The van der Waals surface area contributed by atoms with Gasteiger partial charge in [0, 0.05) is 24.9 Å². The summed E-state index contributed by atoms with van der Waals surface area (Å²) in [6.45, 7) is 8.63. The van der Waals surface area contributed by atoms with Crippen LogP contribution in [0.2, 0.25) is 0 Å². The lowest BCUT2D eigenvalue weighted by molar-refractivity contribution is -0.139. The average Bonchev–Trinajstić information content (AvgIpc) is 2.45. The number of carbonyl (C=O) groups excluding carboxylic acids is 3. The Hall–Kier alpha value is -1.44. The van der Waals surface area contributed by atoms with Gasteiger partial charge >= 0.3 is 6.09 Å². The van der Waals surface area contributed by atoms with Gasteiger partial charge in [-0.3, -0.25) is 14.5 Å². The van der Waals surface area contributed by atoms with Gasteiger partial charge in [-0.1, -0.05) is 6.92 Å². The minimum absolute atomic E-state index is 0.0299. The molecule has 0 aromatic heterocycles. The number of carbonyl (C=O) groups is 3. The first-order valence-electron chi connectivity index (χ1n) is 7.67. The van der Waals surface area contributed by atoms with E-state index in [1.54, 1.807) is 32.5 Å². The van der Waals surface area contributed by atoms with E-state index in [2.05, 4.69) is 5.32 Å². The number of thioether (sulfide) groups is 1. The predicted molar refractivity (Wildman–Crippen MR) is 90.4 cm³/mol. The van der Waals surface area contributed by atoms with Crippen LogP contribution in [-0.4, -0.2) is 77.5 Å². The molecule has 1 atom stereocenters. The van der Waals surface area contributed by atoms with Crippen molar-refractivity contribution in [2.45, 2.75) is 38.5 Å². The minimum Gasteiger partial charge on any atom is -0.444 e. The molecule has 1 aliphatic rings. The van der Waals surface area contributed by atoms with E-state index >= 15 is 0 Å². The Labute approximate surface area is 142 Å². The fourth-order valence-electron chi connectivity index (χ4n) is 1.93. The number of piperazine rings is 1. The molecule has 0 unspecified atom stereocenters. The van der Waals surface area contributed by atoms with Crippen molar-refractivity contribution >= 4 is 29.7 Å². The van der Waals surface area contributed by atoms with E-state index in [4.69, 9.17) is 4.74 Å². The van der Waals surface area contributed by atoms with Crippen LogP contribution in [0.15, 0.2) is 0 Å². The van der Waals surface area contributed by atoms with Crippen LogP contribution in [0.5, 0.6) is 0 Å². The Morgan fingerprint density at radius 1 is 1.35 bits per heavy atom. The van der Waals surface area contributed by atoms with Gasteiger partial charge in [0.15, 0.2) is 0 Å². The molecule has 0 bridgehead atoms. The van der Waals surface area contributed by atoms with Gasteiger partial charge in [-0.25, -0.2) is 4.79 Å². The van der Waals surface area contributed by atoms with Gasteiger partial charge in [-0.2, -0.15) is 11.8 Å². The number of ether oxygens (including phenoxy) is 1. The molecule has 1 heterocycles. The Morgan fingerprint density at radius 3 is 2.52 bits per heavy atom. The molecule has 1 fully saturated rings. The molecule has 23 heavy (non-hydrogen) atoms. The molecular weight excluding hydrogens is 318 g/mol. The van der Waals surface area contributed by atoms with Gasteiger partial charge in [0.05, 0.1) is 6.54 Å². The SMILES string of the molecule is CS[C@H](C)CNC(=O)CN1CCN(C(=O)OC(C)(C)C)CC1=O. The Bertz CT molecular complexity index is 450. The second kappa shape index (κ2) is 8.42. The number of hydrogen-bond acceptors (Lipinski definition) is 5. The topological polar surface area (TPSA) is 79.0 Å². The molecule has 0 spiro atoms. The van der Waals surface area contributed by atoms with E-state index in [0.717, 1.165) is 0 Å². The summed E-state index contributed by atoms with van der Waals surface area (Å²) in [5.74, 6) is -0.417. The summed E-state index contributed by atoms with van der Waals surface area (Å²) in [6, 6.07) is 0. The summed E-state index contributed by atoms with van der Waals surface area (Å²) >= 11 is 1.67. The van der Waals surface area contributed by atoms with E-state index in [9.17, 15) is 14.4 Å². The first kappa shape index (κ1) is 19.6. The molecule has 0 aliphatic carbocycles. The Balaban J connectivity index is 2.42. The summed E-state index contributed by atoms with van der Waals surface area (Å²) in [5.41, 5.74) is -0.592. The zero-order valence-corrected chi connectivity index (χ0v) is 15.4. The average molecular weight is 345 g/mol. The van der Waals surface area contributed by atoms with E-state index in [1.165, 1.54) is 9.80 Å². The van der Waals surface area contributed by atoms with Gasteiger partial charge in [0.1, 0.15) is 12.1 Å². The van der Waals surface area contributed by atoms with E-state index in [0.29, 0.717) is 24.9 Å². The van der Waals surface area contributed by atoms with Crippen molar-refractivity contribution in [2.75, 3.05) is 39.0 Å². The minimum atomic E-state index is -0.592. The summed E-state index contributed by atoms with van der Waals surface area (Å²) in [6.07, 6.45) is 1.49. The fourth-order valence-corrected chi connectivity index (χ4v) is 2.18. The Morgan fingerprint density at radius 2 is 2.00 bits per heavy atom. The van der Waals surface area contributed by atoms with Gasteiger partial charge in [-0.05, 0) is 27.0 Å². The summed E-state index contributed by atoms with van der Waals surface area (Å²) in [5, 5.41) is 3.14. The van der Waals surface area contributed by atoms with Crippen LogP contribution in [0.25, 0.3) is 0 Å². The molecule has 0 radical (unpaired) electrons. The van der Waals surface area contributed by atoms with Crippen LogP contribution in [0, 0.1) is 0 Å². The van der Waals surface area contributed by atoms with Gasteiger partial charge in [0.2, 0.25) is 11.8 Å². The van der Waals surface area contributed by atoms with Crippen LogP contribution >= 0.6 is 11.8 Å². The number of hydrogen-bond donors (Lipinski definition) is 1. The molecule has 1 aliphatic heterocycles. The highest BCUT2D eigenvalue weighted by molar-refractivity contribution is 7.99. The number of amides is 3. The molecule has 1 N–H and O–H groups in total. The van der Waals surface area contributed by atoms with Crippen molar-refractivity contribution in [3.05, 3.63) is 0 Å². The first-order valence-corrected chi connectivity index (χ1v) is 8.96. The molecule has 1 saturated heterocycles. The molecule has 7 nitrogen and oxygen atoms in total. The maximum Gasteiger partial charge on any atom is 0.410 e. The summed E-state index contributed by atoms with van der Waals surface area (Å²) < 4.78 is 5.25. The third-order valence-electron chi connectivity index (χ3n) is 3.29. The summed E-state index contributed by atoms with van der Waals surface area (Å²) in [7, 11) is 0. The second-order valence-corrected chi connectivity index (χ2v) is 7.84. The number of nitrogens with one attached hydrogen (secondary N) is 1. The molecule has 0 aromatic rings. The molecule has 0 saturated carbocycles. The standard InChI is InChI=1S/C15H27N3O4S/c1-11(23-5)8-16-12(19)9-17-6-7-18(10-13(17)20)14(21)22-15(2,3)4/h11H,6-10H2,1-5H3,(H,16,19)/t11-/m1/s1. The summed E-state index contributed by atoms with van der Waals surface area (Å²) in [4.78, 5) is 38.8. The monoisotopic (exact) mass is 345 g/mol. The Kier molecular flexibility index (Phi) is 7.18. The number of nitrogens with zero attached hydrogens (tertiary/aromatic N) is 2. The van der Waals surface area contributed by atoms with Crippen LogP contribution in [0.4, 0.5) is 4.79 Å². The van der Waals surface area contributed by atoms with Crippen molar-refractivity contribution in [3.8, 4) is 0 Å². The van der Waals surface area contributed by atoms with Crippen molar-refractivity contribution in [3.63, 3.8) is 0 Å². The number of rotatable bonds is 5. The van der Waals surface area contributed by atoms with Crippen LogP contribution in [0.1, 0.15) is 27.7 Å². The van der Waals surface area contributed by atoms with Gasteiger partial charge in [-0.15, -0.1) is 0 Å². The normalized spacial score (nSPS) is 17.0. The molecule has 8 heteroatoms. The van der Waals surface area contributed by atoms with Crippen LogP contribution in [0.3, 0.4) is 0 Å². The predicted octanol–water partition coefficient (Wildman–Crippen LogP) is 0.933. The smallest absolute Gasteiger partial charge is 0.410 e. The van der Waals surface area contributed by atoms with Crippen molar-refractivity contribution in [1.82, 2.24) is 15.1 Å². The van der Waals surface area contributed by atoms with Crippen molar-refractivity contribution in [1.29, 1.82) is 0 Å². The highest BCUT2D eigenvalue weighted by Gasteiger charge is 2.30. The van der Waals surface area contributed by atoms with Crippen molar-refractivity contribution < 1.29 is 19.1 Å². The molecular formula is C15H27N3O4S. The third-order valence-corrected chi connectivity index (χ3v) is 4.27. The fraction of sp³-hybridized carbons (Fsp3) is 0.800. The lowest BCUT2D eigenvalue weighted by Gasteiger charge is -2.34.